The number of halogens is 3. The van der Waals surface area contributed by atoms with E-state index in [9.17, 15) is 13.2 Å². The number of benzene rings is 2. The molecule has 0 nitrogen and oxygen atoms in total. The highest BCUT2D eigenvalue weighted by Crippen LogP contribution is 2.14. The molecule has 0 bridgehead atoms. The summed E-state index contributed by atoms with van der Waals surface area (Å²) in [6.07, 6.45) is 3.04. The highest BCUT2D eigenvalue weighted by atomic mass is 19.1. The van der Waals surface area contributed by atoms with E-state index in [1.165, 1.54) is 18.2 Å². The first-order valence-corrected chi connectivity index (χ1v) is 5.04. The maximum atomic E-state index is 13.3. The third-order valence-electron chi connectivity index (χ3n) is 2.28. The average molecular weight is 234 g/mol. The summed E-state index contributed by atoms with van der Waals surface area (Å²) in [6.45, 7) is 0. The highest BCUT2D eigenvalue weighted by Gasteiger charge is 1.99. The predicted octanol–water partition coefficient (Wildman–Crippen LogP) is 4.27. The molecule has 0 aliphatic carbocycles. The zero-order valence-corrected chi connectivity index (χ0v) is 8.83. The van der Waals surface area contributed by atoms with E-state index in [2.05, 4.69) is 0 Å². The Bertz CT molecular complexity index is 542. The first kappa shape index (κ1) is 11.5. The van der Waals surface area contributed by atoms with E-state index in [4.69, 9.17) is 0 Å². The van der Waals surface area contributed by atoms with Gasteiger partial charge in [0.1, 0.15) is 17.5 Å². The molecule has 2 aromatic rings. The van der Waals surface area contributed by atoms with Crippen molar-refractivity contribution in [2.24, 2.45) is 0 Å². The van der Waals surface area contributed by atoms with Crippen molar-refractivity contribution in [2.75, 3.05) is 0 Å². The molecule has 0 heterocycles. The molecule has 0 N–H and O–H groups in total. The molecule has 0 fully saturated rings. The van der Waals surface area contributed by atoms with Gasteiger partial charge in [-0.1, -0.05) is 24.3 Å². The minimum absolute atomic E-state index is 0.161. The van der Waals surface area contributed by atoms with Gasteiger partial charge in [-0.3, -0.25) is 0 Å². The van der Waals surface area contributed by atoms with Crippen molar-refractivity contribution >= 4 is 12.2 Å². The van der Waals surface area contributed by atoms with Crippen molar-refractivity contribution in [3.8, 4) is 0 Å². The van der Waals surface area contributed by atoms with Crippen LogP contribution in [0.3, 0.4) is 0 Å². The highest BCUT2D eigenvalue weighted by molar-refractivity contribution is 5.69. The Morgan fingerprint density at radius 1 is 0.706 bits per heavy atom. The van der Waals surface area contributed by atoms with Gasteiger partial charge >= 0.3 is 0 Å². The molecule has 0 saturated heterocycles. The largest absolute Gasteiger partial charge is 0.207 e. The molecule has 2 rings (SSSR count). The quantitative estimate of drug-likeness (QED) is 0.680. The average Bonchev–Trinajstić information content (AvgIpc) is 2.32. The van der Waals surface area contributed by atoms with E-state index in [-0.39, 0.29) is 11.4 Å². The summed E-state index contributed by atoms with van der Waals surface area (Å²) in [6, 6.07) is 8.97. The van der Waals surface area contributed by atoms with Crippen LogP contribution in [0.4, 0.5) is 13.2 Å². The minimum Gasteiger partial charge on any atom is -0.207 e. The normalized spacial score (nSPS) is 11.0. The van der Waals surface area contributed by atoms with Gasteiger partial charge in [0.15, 0.2) is 0 Å². The van der Waals surface area contributed by atoms with Crippen LogP contribution < -0.4 is 0 Å². The Morgan fingerprint density at radius 2 is 1.35 bits per heavy atom. The van der Waals surface area contributed by atoms with E-state index < -0.39 is 11.6 Å². The zero-order valence-electron chi connectivity index (χ0n) is 8.83. The molecule has 0 saturated carbocycles. The Morgan fingerprint density at radius 3 is 2.06 bits per heavy atom. The van der Waals surface area contributed by atoms with Crippen LogP contribution in [0.5, 0.6) is 0 Å². The summed E-state index contributed by atoms with van der Waals surface area (Å²) >= 11 is 0. The van der Waals surface area contributed by atoms with Gasteiger partial charge in [-0.25, -0.2) is 13.2 Å². The van der Waals surface area contributed by atoms with Crippen LogP contribution in [0.25, 0.3) is 12.2 Å². The first-order chi connectivity index (χ1) is 8.15. The molecular formula is C14H9F3. The predicted molar refractivity (Wildman–Crippen MR) is 61.7 cm³/mol. The molecule has 0 aliphatic rings. The molecule has 17 heavy (non-hydrogen) atoms. The van der Waals surface area contributed by atoms with E-state index in [1.807, 2.05) is 0 Å². The number of rotatable bonds is 2. The summed E-state index contributed by atoms with van der Waals surface area (Å²) in [7, 11) is 0. The fourth-order valence-electron chi connectivity index (χ4n) is 1.40. The summed E-state index contributed by atoms with van der Waals surface area (Å²) in [5.74, 6) is -1.32. The fraction of sp³-hybridized carbons (Fsp3) is 0. The standard InChI is InChI=1S/C14H9F3/c15-12-5-2-10(3-6-12)1-4-11-9-13(16)7-8-14(11)17/h1-9H. The van der Waals surface area contributed by atoms with Crippen molar-refractivity contribution in [2.45, 2.75) is 0 Å². The third kappa shape index (κ3) is 2.97. The van der Waals surface area contributed by atoms with Crippen LogP contribution in [-0.2, 0) is 0 Å². The van der Waals surface area contributed by atoms with E-state index >= 15 is 0 Å². The molecule has 0 atom stereocenters. The van der Waals surface area contributed by atoms with E-state index in [0.717, 1.165) is 23.8 Å². The van der Waals surface area contributed by atoms with Gasteiger partial charge in [0, 0.05) is 5.56 Å². The SMILES string of the molecule is Fc1ccc(C=Cc2cc(F)ccc2F)cc1. The lowest BCUT2D eigenvalue weighted by Gasteiger charge is -1.97. The summed E-state index contributed by atoms with van der Waals surface area (Å²) < 4.78 is 38.8. The number of hydrogen-bond donors (Lipinski definition) is 0. The van der Waals surface area contributed by atoms with Crippen LogP contribution in [0.15, 0.2) is 42.5 Å². The maximum Gasteiger partial charge on any atom is 0.130 e. The topological polar surface area (TPSA) is 0 Å². The molecule has 0 amide bonds. The van der Waals surface area contributed by atoms with Gasteiger partial charge in [-0.2, -0.15) is 0 Å². The van der Waals surface area contributed by atoms with Crippen molar-refractivity contribution in [3.63, 3.8) is 0 Å². The monoisotopic (exact) mass is 234 g/mol. The molecule has 86 valence electrons. The summed E-state index contributed by atoms with van der Waals surface area (Å²) in [5, 5.41) is 0. The molecule has 0 aromatic heterocycles. The van der Waals surface area contributed by atoms with Crippen LogP contribution in [0.2, 0.25) is 0 Å². The Kier molecular flexibility index (Phi) is 3.28. The molecule has 3 heteroatoms. The van der Waals surface area contributed by atoms with Gasteiger partial charge in [0.05, 0.1) is 0 Å². The van der Waals surface area contributed by atoms with Crippen LogP contribution >= 0.6 is 0 Å². The molecular weight excluding hydrogens is 225 g/mol. The first-order valence-electron chi connectivity index (χ1n) is 5.04. The molecule has 2 aromatic carbocycles. The Balaban J connectivity index is 2.25. The van der Waals surface area contributed by atoms with Gasteiger partial charge in [-0.15, -0.1) is 0 Å². The lowest BCUT2D eigenvalue weighted by Crippen LogP contribution is -1.83. The van der Waals surface area contributed by atoms with Crippen LogP contribution in [0.1, 0.15) is 11.1 Å². The van der Waals surface area contributed by atoms with Gasteiger partial charge in [0.2, 0.25) is 0 Å². The molecule has 0 spiro atoms. The van der Waals surface area contributed by atoms with Crippen LogP contribution in [0, 0.1) is 17.5 Å². The molecule has 0 unspecified atom stereocenters. The van der Waals surface area contributed by atoms with Gasteiger partial charge in [0.25, 0.3) is 0 Å². The third-order valence-corrected chi connectivity index (χ3v) is 2.28. The van der Waals surface area contributed by atoms with Crippen molar-refractivity contribution < 1.29 is 13.2 Å². The Labute approximate surface area is 97.0 Å². The zero-order chi connectivity index (χ0) is 12.3. The smallest absolute Gasteiger partial charge is 0.130 e. The maximum absolute atomic E-state index is 13.3. The van der Waals surface area contributed by atoms with Crippen molar-refractivity contribution in [3.05, 3.63) is 71.0 Å². The van der Waals surface area contributed by atoms with Crippen molar-refractivity contribution in [1.82, 2.24) is 0 Å². The lowest BCUT2D eigenvalue weighted by molar-refractivity contribution is 0.598. The van der Waals surface area contributed by atoms with Gasteiger partial charge < -0.3 is 0 Å². The van der Waals surface area contributed by atoms with Gasteiger partial charge in [-0.05, 0) is 35.9 Å². The second-order valence-corrected chi connectivity index (χ2v) is 3.55. The second kappa shape index (κ2) is 4.87. The lowest BCUT2D eigenvalue weighted by atomic mass is 10.1. The Hall–Kier alpha value is -2.03. The molecule has 0 radical (unpaired) electrons. The number of hydrogen-bond acceptors (Lipinski definition) is 0. The van der Waals surface area contributed by atoms with Crippen LogP contribution in [-0.4, -0.2) is 0 Å². The fourth-order valence-corrected chi connectivity index (χ4v) is 1.40. The summed E-state index contributed by atoms with van der Waals surface area (Å²) in [5.41, 5.74) is 0.879. The van der Waals surface area contributed by atoms with E-state index in [1.54, 1.807) is 18.2 Å². The molecule has 0 aliphatic heterocycles. The van der Waals surface area contributed by atoms with Crippen molar-refractivity contribution in [1.29, 1.82) is 0 Å². The van der Waals surface area contributed by atoms with E-state index in [0.29, 0.717) is 0 Å². The summed E-state index contributed by atoms with van der Waals surface area (Å²) in [4.78, 5) is 0. The minimum atomic E-state index is -0.496. The second-order valence-electron chi connectivity index (χ2n) is 3.55.